The Balaban J connectivity index is 1.98. The number of nitrogens with one attached hydrogen (secondary N) is 1. The summed E-state index contributed by atoms with van der Waals surface area (Å²) in [5.74, 6) is 0.0112. The second kappa shape index (κ2) is 5.32. The summed E-state index contributed by atoms with van der Waals surface area (Å²) in [5.41, 5.74) is 1.08. The van der Waals surface area contributed by atoms with Gasteiger partial charge >= 0.3 is 0 Å². The van der Waals surface area contributed by atoms with E-state index in [0.29, 0.717) is 17.0 Å². The first kappa shape index (κ1) is 13.2. The van der Waals surface area contributed by atoms with Gasteiger partial charge < -0.3 is 19.4 Å². The van der Waals surface area contributed by atoms with Crippen LogP contribution in [0.2, 0.25) is 0 Å². The van der Waals surface area contributed by atoms with Gasteiger partial charge in [-0.3, -0.25) is 9.59 Å². The molecule has 2 amide bonds. The molecule has 1 N–H and O–H groups in total. The summed E-state index contributed by atoms with van der Waals surface area (Å²) in [6.45, 7) is 0.153. The lowest BCUT2D eigenvalue weighted by molar-refractivity contribution is -0.127. The van der Waals surface area contributed by atoms with Crippen molar-refractivity contribution in [2.45, 2.75) is 6.10 Å². The van der Waals surface area contributed by atoms with Crippen LogP contribution in [-0.2, 0) is 4.79 Å². The molecule has 6 heteroatoms. The Morgan fingerprint density at radius 2 is 2.10 bits per heavy atom. The molecule has 1 aromatic carbocycles. The zero-order valence-corrected chi connectivity index (χ0v) is 11.4. The molecule has 1 aliphatic heterocycles. The summed E-state index contributed by atoms with van der Waals surface area (Å²) in [6, 6.07) is 8.73. The van der Waals surface area contributed by atoms with Crippen LogP contribution in [0.1, 0.15) is 10.4 Å². The summed E-state index contributed by atoms with van der Waals surface area (Å²) in [7, 11) is 1.54. The summed E-state index contributed by atoms with van der Waals surface area (Å²) in [6.07, 6.45) is 2.09. The molecule has 1 atom stereocenters. The van der Waals surface area contributed by atoms with Gasteiger partial charge in [-0.15, -0.1) is 0 Å². The van der Waals surface area contributed by atoms with Crippen molar-refractivity contribution in [1.82, 2.24) is 5.32 Å². The number of hydrogen-bond donors (Lipinski definition) is 1. The van der Waals surface area contributed by atoms with E-state index in [2.05, 4.69) is 5.32 Å². The van der Waals surface area contributed by atoms with Crippen molar-refractivity contribution >= 4 is 17.5 Å². The number of furan rings is 1. The maximum absolute atomic E-state index is 12.6. The second-order valence-electron chi connectivity index (χ2n) is 4.62. The number of nitrogens with zero attached hydrogens (tertiary/aromatic N) is 1. The standard InChI is InChI=1S/C15H14N2O4/c1-16-14(18)13-8-17(15(19)10-6-7-20-9-10)11-4-2-3-5-12(11)21-13/h2-7,9,13H,8H2,1H3,(H,16,18)/t13-/m0/s1. The maximum atomic E-state index is 12.6. The first-order chi connectivity index (χ1) is 10.2. The Morgan fingerprint density at radius 1 is 1.29 bits per heavy atom. The Kier molecular flexibility index (Phi) is 3.35. The highest BCUT2D eigenvalue weighted by atomic mass is 16.5. The summed E-state index contributed by atoms with van der Waals surface area (Å²) in [5, 5.41) is 2.54. The normalized spacial score (nSPS) is 16.8. The van der Waals surface area contributed by atoms with Crippen molar-refractivity contribution in [2.24, 2.45) is 0 Å². The number of likely N-dealkylation sites (N-methyl/N-ethyl adjacent to an activating group) is 1. The highest BCUT2D eigenvalue weighted by Gasteiger charge is 2.33. The fourth-order valence-corrected chi connectivity index (χ4v) is 2.27. The smallest absolute Gasteiger partial charge is 0.262 e. The van der Waals surface area contributed by atoms with Gasteiger partial charge in [0, 0.05) is 7.05 Å². The molecule has 0 unspecified atom stereocenters. The largest absolute Gasteiger partial charge is 0.477 e. The van der Waals surface area contributed by atoms with Crippen molar-refractivity contribution < 1.29 is 18.7 Å². The molecule has 2 aromatic rings. The van der Waals surface area contributed by atoms with Gasteiger partial charge in [-0.05, 0) is 18.2 Å². The third-order valence-electron chi connectivity index (χ3n) is 3.33. The van der Waals surface area contributed by atoms with Gasteiger partial charge in [0.25, 0.3) is 11.8 Å². The van der Waals surface area contributed by atoms with Crippen molar-refractivity contribution in [3.8, 4) is 5.75 Å². The van der Waals surface area contributed by atoms with Crippen LogP contribution >= 0.6 is 0 Å². The molecule has 0 fully saturated rings. The predicted molar refractivity (Wildman–Crippen MR) is 75.3 cm³/mol. The van der Waals surface area contributed by atoms with Gasteiger partial charge in [0.1, 0.15) is 12.0 Å². The molecule has 108 valence electrons. The van der Waals surface area contributed by atoms with E-state index in [4.69, 9.17) is 9.15 Å². The molecule has 2 heterocycles. The van der Waals surface area contributed by atoms with Crippen molar-refractivity contribution in [1.29, 1.82) is 0 Å². The molecular formula is C15H14N2O4. The highest BCUT2D eigenvalue weighted by Crippen LogP contribution is 2.34. The number of anilines is 1. The Labute approximate surface area is 121 Å². The zero-order chi connectivity index (χ0) is 14.8. The average Bonchev–Trinajstić information content (AvgIpc) is 3.06. The molecule has 1 aliphatic rings. The van der Waals surface area contributed by atoms with E-state index < -0.39 is 6.10 Å². The van der Waals surface area contributed by atoms with Crippen LogP contribution in [0.3, 0.4) is 0 Å². The summed E-state index contributed by atoms with van der Waals surface area (Å²) < 4.78 is 10.6. The third-order valence-corrected chi connectivity index (χ3v) is 3.33. The number of rotatable bonds is 2. The zero-order valence-electron chi connectivity index (χ0n) is 11.4. The third kappa shape index (κ3) is 2.35. The van der Waals surface area contributed by atoms with E-state index in [9.17, 15) is 9.59 Å². The number of para-hydroxylation sites is 2. The van der Waals surface area contributed by atoms with E-state index >= 15 is 0 Å². The lowest BCUT2D eigenvalue weighted by Gasteiger charge is -2.33. The quantitative estimate of drug-likeness (QED) is 0.906. The second-order valence-corrected chi connectivity index (χ2v) is 4.62. The SMILES string of the molecule is CNC(=O)[C@@H]1CN(C(=O)c2ccoc2)c2ccccc2O1. The van der Waals surface area contributed by atoms with Gasteiger partial charge in [-0.25, -0.2) is 0 Å². The molecule has 0 saturated heterocycles. The molecule has 0 saturated carbocycles. The number of benzene rings is 1. The molecule has 0 radical (unpaired) electrons. The molecule has 0 aliphatic carbocycles. The maximum Gasteiger partial charge on any atom is 0.262 e. The van der Waals surface area contributed by atoms with E-state index in [1.165, 1.54) is 24.5 Å². The van der Waals surface area contributed by atoms with Crippen LogP contribution in [0, 0.1) is 0 Å². The monoisotopic (exact) mass is 286 g/mol. The minimum Gasteiger partial charge on any atom is -0.477 e. The van der Waals surface area contributed by atoms with Crippen LogP contribution in [0.15, 0.2) is 47.3 Å². The molecular weight excluding hydrogens is 272 g/mol. The fraction of sp³-hybridized carbons (Fsp3) is 0.200. The van der Waals surface area contributed by atoms with Crippen LogP contribution in [0.25, 0.3) is 0 Å². The first-order valence-electron chi connectivity index (χ1n) is 6.52. The molecule has 1 aromatic heterocycles. The predicted octanol–water partition coefficient (Wildman–Crippen LogP) is 1.43. The Bertz CT molecular complexity index is 666. The van der Waals surface area contributed by atoms with Crippen LogP contribution in [0.5, 0.6) is 5.75 Å². The van der Waals surface area contributed by atoms with Gasteiger partial charge in [-0.1, -0.05) is 12.1 Å². The topological polar surface area (TPSA) is 71.8 Å². The van der Waals surface area contributed by atoms with Gasteiger partial charge in [-0.2, -0.15) is 0 Å². The number of carbonyl (C=O) groups excluding carboxylic acids is 2. The highest BCUT2D eigenvalue weighted by molar-refractivity contribution is 6.07. The number of amides is 2. The Morgan fingerprint density at radius 3 is 2.81 bits per heavy atom. The van der Waals surface area contributed by atoms with E-state index in [0.717, 1.165) is 0 Å². The molecule has 0 bridgehead atoms. The van der Waals surface area contributed by atoms with E-state index in [1.54, 1.807) is 24.3 Å². The van der Waals surface area contributed by atoms with Crippen molar-refractivity contribution in [2.75, 3.05) is 18.5 Å². The molecule has 0 spiro atoms. The van der Waals surface area contributed by atoms with Gasteiger partial charge in [0.05, 0.1) is 24.1 Å². The van der Waals surface area contributed by atoms with E-state index in [-0.39, 0.29) is 18.4 Å². The first-order valence-corrected chi connectivity index (χ1v) is 6.52. The number of hydrogen-bond acceptors (Lipinski definition) is 4. The van der Waals surface area contributed by atoms with Crippen LogP contribution in [-0.4, -0.2) is 31.5 Å². The van der Waals surface area contributed by atoms with Crippen molar-refractivity contribution in [3.63, 3.8) is 0 Å². The number of fused-ring (bicyclic) bond motifs is 1. The summed E-state index contributed by atoms with van der Waals surface area (Å²) in [4.78, 5) is 25.9. The fourth-order valence-electron chi connectivity index (χ4n) is 2.27. The van der Waals surface area contributed by atoms with Gasteiger partial charge in [0.2, 0.25) is 0 Å². The molecule has 21 heavy (non-hydrogen) atoms. The van der Waals surface area contributed by atoms with Gasteiger partial charge in [0.15, 0.2) is 6.10 Å². The molecule has 6 nitrogen and oxygen atoms in total. The summed E-state index contributed by atoms with van der Waals surface area (Å²) >= 11 is 0. The number of ether oxygens (including phenoxy) is 1. The average molecular weight is 286 g/mol. The van der Waals surface area contributed by atoms with E-state index in [1.807, 2.05) is 6.07 Å². The lowest BCUT2D eigenvalue weighted by atomic mass is 10.1. The van der Waals surface area contributed by atoms with Crippen LogP contribution in [0.4, 0.5) is 5.69 Å². The molecule has 3 rings (SSSR count). The minimum absolute atomic E-state index is 0.153. The minimum atomic E-state index is -0.735. The van der Waals surface area contributed by atoms with Crippen LogP contribution < -0.4 is 15.0 Å². The Hall–Kier alpha value is -2.76. The number of carbonyl (C=O) groups is 2. The van der Waals surface area contributed by atoms with Crippen molar-refractivity contribution in [3.05, 3.63) is 48.4 Å². The lowest BCUT2D eigenvalue weighted by Crippen LogP contribution is -2.50.